The molecule has 0 unspecified atom stereocenters. The average Bonchev–Trinajstić information content (AvgIpc) is 2.29. The summed E-state index contributed by atoms with van der Waals surface area (Å²) < 4.78 is 13.4. The molecule has 82 valence electrons. The number of anilines is 2. The maximum atomic E-state index is 13.4. The molecule has 0 saturated carbocycles. The molecule has 16 heavy (non-hydrogen) atoms. The molecule has 0 radical (unpaired) electrons. The lowest BCUT2D eigenvalue weighted by Gasteiger charge is -2.06. The van der Waals surface area contributed by atoms with Crippen molar-refractivity contribution in [3.8, 4) is 0 Å². The van der Waals surface area contributed by atoms with Crippen molar-refractivity contribution in [1.82, 2.24) is 10.2 Å². The fourth-order valence-electron chi connectivity index (χ4n) is 1.29. The predicted molar refractivity (Wildman–Crippen MR) is 60.2 cm³/mol. The van der Waals surface area contributed by atoms with Crippen LogP contribution < -0.4 is 11.1 Å². The van der Waals surface area contributed by atoms with Crippen LogP contribution in [0.25, 0.3) is 0 Å². The van der Waals surface area contributed by atoms with E-state index in [1.165, 1.54) is 6.07 Å². The minimum Gasteiger partial charge on any atom is -0.399 e. The first-order valence-corrected chi connectivity index (χ1v) is 4.81. The molecule has 1 heterocycles. The quantitative estimate of drug-likeness (QED) is 0.771. The van der Waals surface area contributed by atoms with Gasteiger partial charge < -0.3 is 11.1 Å². The summed E-state index contributed by atoms with van der Waals surface area (Å²) in [5.74, 6) is -0.371. The van der Waals surface area contributed by atoms with E-state index in [0.717, 1.165) is 5.69 Å². The van der Waals surface area contributed by atoms with E-state index in [0.29, 0.717) is 17.9 Å². The monoisotopic (exact) mass is 218 g/mol. The van der Waals surface area contributed by atoms with Gasteiger partial charge in [-0.25, -0.2) is 4.39 Å². The number of benzene rings is 1. The largest absolute Gasteiger partial charge is 0.399 e. The first-order valence-electron chi connectivity index (χ1n) is 4.81. The van der Waals surface area contributed by atoms with Crippen molar-refractivity contribution in [2.24, 2.45) is 0 Å². The smallest absolute Gasteiger partial charge is 0.148 e. The molecule has 3 N–H and O–H groups in total. The lowest BCUT2D eigenvalue weighted by Crippen LogP contribution is -2.04. The molecule has 1 aromatic carbocycles. The van der Waals surface area contributed by atoms with Crippen LogP contribution in [0.4, 0.5) is 15.8 Å². The van der Waals surface area contributed by atoms with Gasteiger partial charge in [-0.3, -0.25) is 0 Å². The number of aromatic nitrogens is 2. The van der Waals surface area contributed by atoms with E-state index in [1.807, 2.05) is 6.07 Å². The second kappa shape index (κ2) is 4.57. The molecule has 0 saturated heterocycles. The van der Waals surface area contributed by atoms with Crippen molar-refractivity contribution in [1.29, 1.82) is 0 Å². The van der Waals surface area contributed by atoms with Crippen molar-refractivity contribution in [3.05, 3.63) is 48.0 Å². The van der Waals surface area contributed by atoms with Gasteiger partial charge in [0.05, 0.1) is 17.9 Å². The van der Waals surface area contributed by atoms with Gasteiger partial charge in [0.2, 0.25) is 0 Å². The topological polar surface area (TPSA) is 63.8 Å². The molecule has 0 fully saturated rings. The maximum absolute atomic E-state index is 13.4. The minimum absolute atomic E-state index is 0.371. The molecule has 1 aromatic heterocycles. The number of nitrogens with zero attached hydrogens (tertiary/aromatic N) is 2. The molecule has 0 spiro atoms. The summed E-state index contributed by atoms with van der Waals surface area (Å²) in [4.78, 5) is 0. The Balaban J connectivity index is 2.05. The van der Waals surface area contributed by atoms with E-state index < -0.39 is 0 Å². The van der Waals surface area contributed by atoms with Crippen LogP contribution in [0.3, 0.4) is 0 Å². The fourth-order valence-corrected chi connectivity index (χ4v) is 1.29. The van der Waals surface area contributed by atoms with Gasteiger partial charge in [0.15, 0.2) is 0 Å². The number of nitrogens with two attached hydrogens (primary N) is 1. The number of rotatable bonds is 3. The molecule has 2 rings (SSSR count). The van der Waals surface area contributed by atoms with Crippen molar-refractivity contribution in [2.45, 2.75) is 6.54 Å². The maximum Gasteiger partial charge on any atom is 0.148 e. The third-order valence-electron chi connectivity index (χ3n) is 2.08. The number of hydrogen-bond acceptors (Lipinski definition) is 4. The predicted octanol–water partition coefficient (Wildman–Crippen LogP) is 1.81. The summed E-state index contributed by atoms with van der Waals surface area (Å²) in [7, 11) is 0. The molecule has 0 aliphatic rings. The van der Waals surface area contributed by atoms with E-state index in [-0.39, 0.29) is 5.82 Å². The van der Waals surface area contributed by atoms with Gasteiger partial charge in [0, 0.05) is 11.9 Å². The van der Waals surface area contributed by atoms with Gasteiger partial charge in [-0.1, -0.05) is 0 Å². The van der Waals surface area contributed by atoms with Gasteiger partial charge >= 0.3 is 0 Å². The third kappa shape index (κ3) is 2.44. The second-order valence-corrected chi connectivity index (χ2v) is 3.31. The van der Waals surface area contributed by atoms with E-state index >= 15 is 0 Å². The van der Waals surface area contributed by atoms with Crippen molar-refractivity contribution < 1.29 is 4.39 Å². The Labute approximate surface area is 92.3 Å². The van der Waals surface area contributed by atoms with E-state index in [1.54, 1.807) is 24.4 Å². The molecule has 0 atom stereocenters. The Kier molecular flexibility index (Phi) is 2.95. The molecule has 0 amide bonds. The highest BCUT2D eigenvalue weighted by molar-refractivity contribution is 5.52. The van der Waals surface area contributed by atoms with Crippen LogP contribution >= 0.6 is 0 Å². The summed E-state index contributed by atoms with van der Waals surface area (Å²) >= 11 is 0. The Morgan fingerprint density at radius 1 is 1.31 bits per heavy atom. The van der Waals surface area contributed by atoms with Crippen LogP contribution in [0.1, 0.15) is 5.69 Å². The lowest BCUT2D eigenvalue weighted by atomic mass is 10.2. The van der Waals surface area contributed by atoms with Gasteiger partial charge in [-0.05, 0) is 30.3 Å². The van der Waals surface area contributed by atoms with E-state index in [9.17, 15) is 4.39 Å². The van der Waals surface area contributed by atoms with Gasteiger partial charge in [-0.15, -0.1) is 0 Å². The van der Waals surface area contributed by atoms with E-state index in [2.05, 4.69) is 15.5 Å². The zero-order chi connectivity index (χ0) is 11.4. The minimum atomic E-state index is -0.371. The summed E-state index contributed by atoms with van der Waals surface area (Å²) in [5.41, 5.74) is 7.00. The number of nitrogens with one attached hydrogen (secondary N) is 1. The number of nitrogen functional groups attached to an aromatic ring is 1. The highest BCUT2D eigenvalue weighted by Crippen LogP contribution is 2.17. The first kappa shape index (κ1) is 10.4. The van der Waals surface area contributed by atoms with Crippen LogP contribution in [0.5, 0.6) is 0 Å². The standard InChI is InChI=1S/C11H11FN4/c12-10-6-8(13)3-4-11(10)14-7-9-2-1-5-15-16-9/h1-6,14H,7,13H2. The van der Waals surface area contributed by atoms with Crippen molar-refractivity contribution in [3.63, 3.8) is 0 Å². The fraction of sp³-hybridized carbons (Fsp3) is 0.0909. The Bertz CT molecular complexity index is 473. The Morgan fingerprint density at radius 3 is 2.88 bits per heavy atom. The Hall–Kier alpha value is -2.17. The van der Waals surface area contributed by atoms with E-state index in [4.69, 9.17) is 5.73 Å². The van der Waals surface area contributed by atoms with Crippen LogP contribution in [-0.2, 0) is 6.54 Å². The zero-order valence-corrected chi connectivity index (χ0v) is 8.52. The summed E-state index contributed by atoms with van der Waals surface area (Å²) in [6.07, 6.45) is 1.59. The van der Waals surface area contributed by atoms with Crippen LogP contribution in [0.15, 0.2) is 36.5 Å². The molecule has 0 aliphatic carbocycles. The SMILES string of the molecule is Nc1ccc(NCc2cccnn2)c(F)c1. The van der Waals surface area contributed by atoms with Crippen LogP contribution in [-0.4, -0.2) is 10.2 Å². The highest BCUT2D eigenvalue weighted by Gasteiger charge is 2.02. The second-order valence-electron chi connectivity index (χ2n) is 3.31. The van der Waals surface area contributed by atoms with Crippen molar-refractivity contribution in [2.75, 3.05) is 11.1 Å². The van der Waals surface area contributed by atoms with Gasteiger partial charge in [0.1, 0.15) is 5.82 Å². The van der Waals surface area contributed by atoms with Crippen molar-refractivity contribution >= 4 is 11.4 Å². The molecular formula is C11H11FN4. The third-order valence-corrected chi connectivity index (χ3v) is 2.08. The summed E-state index contributed by atoms with van der Waals surface area (Å²) in [6, 6.07) is 8.11. The normalized spacial score (nSPS) is 10.1. The van der Waals surface area contributed by atoms with Crippen LogP contribution in [0.2, 0.25) is 0 Å². The zero-order valence-electron chi connectivity index (χ0n) is 8.52. The molecular weight excluding hydrogens is 207 g/mol. The molecule has 2 aromatic rings. The molecule has 5 heteroatoms. The summed E-state index contributed by atoms with van der Waals surface area (Å²) in [6.45, 7) is 0.425. The lowest BCUT2D eigenvalue weighted by molar-refractivity contribution is 0.630. The van der Waals surface area contributed by atoms with Crippen LogP contribution in [0, 0.1) is 5.82 Å². The summed E-state index contributed by atoms with van der Waals surface area (Å²) in [5, 5.41) is 10.5. The molecule has 4 nitrogen and oxygen atoms in total. The van der Waals surface area contributed by atoms with Gasteiger partial charge in [-0.2, -0.15) is 10.2 Å². The van der Waals surface area contributed by atoms with Gasteiger partial charge in [0.25, 0.3) is 0 Å². The Morgan fingerprint density at radius 2 is 2.19 bits per heavy atom. The molecule has 0 bridgehead atoms. The average molecular weight is 218 g/mol. The molecule has 0 aliphatic heterocycles. The highest BCUT2D eigenvalue weighted by atomic mass is 19.1. The number of halogens is 1. The number of hydrogen-bond donors (Lipinski definition) is 2. The first-order chi connectivity index (χ1) is 7.75.